The fourth-order valence-corrected chi connectivity index (χ4v) is 2.21. The van der Waals surface area contributed by atoms with Crippen LogP contribution in [0.4, 0.5) is 5.69 Å². The van der Waals surface area contributed by atoms with E-state index in [-0.39, 0.29) is 11.4 Å². The Morgan fingerprint density at radius 1 is 1.53 bits per heavy atom. The summed E-state index contributed by atoms with van der Waals surface area (Å²) < 4.78 is 0. The number of benzene rings is 1. The van der Waals surface area contributed by atoms with Gasteiger partial charge in [-0.1, -0.05) is 6.07 Å². The van der Waals surface area contributed by atoms with Crippen LogP contribution in [-0.4, -0.2) is 40.6 Å². The van der Waals surface area contributed by atoms with Crippen molar-refractivity contribution in [2.75, 3.05) is 16.9 Å². The zero-order valence-corrected chi connectivity index (χ0v) is 11.7. The van der Waals surface area contributed by atoms with Gasteiger partial charge in [0.15, 0.2) is 0 Å². The number of thioether (sulfide) groups is 1. The van der Waals surface area contributed by atoms with Crippen molar-refractivity contribution >= 4 is 29.8 Å². The molecular weight excluding hydrogens is 266 g/mol. The minimum Gasteiger partial charge on any atom is -0.506 e. The first-order valence-corrected chi connectivity index (χ1v) is 7.15. The number of carbonyl (C=O) groups is 2. The molecule has 1 aromatic rings. The number of aliphatic carboxylic acids is 1. The molecule has 1 rings (SSSR count). The van der Waals surface area contributed by atoms with Crippen LogP contribution in [0.1, 0.15) is 12.0 Å². The predicted molar refractivity (Wildman–Crippen MR) is 75.8 cm³/mol. The molecule has 0 fully saturated rings. The number of carboxylic acid groups (broad SMARTS) is 1. The summed E-state index contributed by atoms with van der Waals surface area (Å²) >= 11 is 1.51. The average Bonchev–Trinajstić information content (AvgIpc) is 2.37. The smallest absolute Gasteiger partial charge is 0.326 e. The van der Waals surface area contributed by atoms with Crippen LogP contribution in [0.5, 0.6) is 5.75 Å². The van der Waals surface area contributed by atoms with Gasteiger partial charge in [0.1, 0.15) is 11.8 Å². The molecule has 0 aromatic heterocycles. The molecule has 0 radical (unpaired) electrons. The quantitative estimate of drug-likeness (QED) is 0.747. The third kappa shape index (κ3) is 3.89. The van der Waals surface area contributed by atoms with E-state index in [2.05, 4.69) is 0 Å². The lowest BCUT2D eigenvalue weighted by Crippen LogP contribution is -2.41. The number of phenols is 1. The zero-order chi connectivity index (χ0) is 14.4. The van der Waals surface area contributed by atoms with Crippen LogP contribution < -0.4 is 4.90 Å². The molecule has 1 aromatic carbocycles. The van der Waals surface area contributed by atoms with Crippen molar-refractivity contribution in [2.45, 2.75) is 19.4 Å². The largest absolute Gasteiger partial charge is 0.506 e. The van der Waals surface area contributed by atoms with Gasteiger partial charge in [-0.3, -0.25) is 9.69 Å². The lowest BCUT2D eigenvalue weighted by atomic mass is 10.1. The van der Waals surface area contributed by atoms with Crippen molar-refractivity contribution in [3.8, 4) is 5.75 Å². The number of rotatable bonds is 7. The van der Waals surface area contributed by atoms with Gasteiger partial charge in [0.05, 0.1) is 5.69 Å². The van der Waals surface area contributed by atoms with E-state index in [0.717, 1.165) is 10.5 Å². The Balaban J connectivity index is 3.11. The molecule has 0 aliphatic carbocycles. The molecule has 0 bridgehead atoms. The normalized spacial score (nSPS) is 11.9. The molecule has 0 saturated carbocycles. The van der Waals surface area contributed by atoms with Gasteiger partial charge in [-0.25, -0.2) is 4.79 Å². The van der Waals surface area contributed by atoms with E-state index in [4.69, 9.17) is 0 Å². The molecule has 0 heterocycles. The summed E-state index contributed by atoms with van der Waals surface area (Å²) in [7, 11) is 0. The predicted octanol–water partition coefficient (Wildman–Crippen LogP) is 1.87. The molecular formula is C13H17NO4S. The minimum absolute atomic E-state index is 0.104. The Hall–Kier alpha value is -1.69. The molecule has 5 nitrogen and oxygen atoms in total. The molecule has 1 unspecified atom stereocenters. The van der Waals surface area contributed by atoms with E-state index >= 15 is 0 Å². The number of amides is 1. The first kappa shape index (κ1) is 15.4. The SMILES string of the molecule is CSCCC(C(=O)O)N(C=O)c1cc(C)ccc1O. The monoisotopic (exact) mass is 283 g/mol. The number of hydrogen-bond donors (Lipinski definition) is 2. The van der Waals surface area contributed by atoms with Crippen LogP contribution in [0.25, 0.3) is 0 Å². The van der Waals surface area contributed by atoms with Crippen LogP contribution in [0.2, 0.25) is 0 Å². The molecule has 0 spiro atoms. The van der Waals surface area contributed by atoms with E-state index in [1.54, 1.807) is 12.1 Å². The van der Waals surface area contributed by atoms with Crippen LogP contribution in [0, 0.1) is 6.92 Å². The van der Waals surface area contributed by atoms with Gasteiger partial charge >= 0.3 is 5.97 Å². The van der Waals surface area contributed by atoms with Gasteiger partial charge < -0.3 is 10.2 Å². The van der Waals surface area contributed by atoms with Crippen LogP contribution >= 0.6 is 11.8 Å². The van der Waals surface area contributed by atoms with Crippen molar-refractivity contribution in [3.05, 3.63) is 23.8 Å². The first-order valence-electron chi connectivity index (χ1n) is 5.76. The van der Waals surface area contributed by atoms with Gasteiger partial charge in [-0.2, -0.15) is 11.8 Å². The van der Waals surface area contributed by atoms with Gasteiger partial charge in [0.25, 0.3) is 0 Å². The molecule has 6 heteroatoms. The second kappa shape index (κ2) is 7.04. The van der Waals surface area contributed by atoms with Crippen molar-refractivity contribution in [3.63, 3.8) is 0 Å². The zero-order valence-electron chi connectivity index (χ0n) is 10.9. The lowest BCUT2D eigenvalue weighted by Gasteiger charge is -2.25. The Morgan fingerprint density at radius 2 is 2.21 bits per heavy atom. The summed E-state index contributed by atoms with van der Waals surface area (Å²) in [6.07, 6.45) is 2.64. The summed E-state index contributed by atoms with van der Waals surface area (Å²) in [6.45, 7) is 1.81. The Labute approximate surface area is 116 Å². The summed E-state index contributed by atoms with van der Waals surface area (Å²) in [5, 5.41) is 19.0. The minimum atomic E-state index is -1.08. The van der Waals surface area contributed by atoms with E-state index in [9.17, 15) is 19.8 Å². The van der Waals surface area contributed by atoms with Crippen molar-refractivity contribution in [2.24, 2.45) is 0 Å². The van der Waals surface area contributed by atoms with Gasteiger partial charge in [0, 0.05) is 0 Å². The summed E-state index contributed by atoms with van der Waals surface area (Å²) in [5.41, 5.74) is 1.07. The molecule has 1 atom stereocenters. The number of carbonyl (C=O) groups excluding carboxylic acids is 1. The third-order valence-corrected chi connectivity index (χ3v) is 3.38. The number of aromatic hydroxyl groups is 1. The highest BCUT2D eigenvalue weighted by Crippen LogP contribution is 2.29. The van der Waals surface area contributed by atoms with Gasteiger partial charge in [-0.15, -0.1) is 0 Å². The Bertz CT molecular complexity index is 464. The van der Waals surface area contributed by atoms with Crippen LogP contribution in [0.3, 0.4) is 0 Å². The highest BCUT2D eigenvalue weighted by Gasteiger charge is 2.27. The van der Waals surface area contributed by atoms with Gasteiger partial charge in [-0.05, 0) is 43.0 Å². The molecule has 0 saturated heterocycles. The van der Waals surface area contributed by atoms with E-state index in [0.29, 0.717) is 18.6 Å². The van der Waals surface area contributed by atoms with Crippen molar-refractivity contribution in [1.29, 1.82) is 0 Å². The molecule has 19 heavy (non-hydrogen) atoms. The lowest BCUT2D eigenvalue weighted by molar-refractivity contribution is -0.139. The molecule has 2 N–H and O–H groups in total. The number of hydrogen-bond acceptors (Lipinski definition) is 4. The van der Waals surface area contributed by atoms with E-state index in [1.807, 2.05) is 13.2 Å². The Morgan fingerprint density at radius 3 is 2.74 bits per heavy atom. The topological polar surface area (TPSA) is 77.8 Å². The van der Waals surface area contributed by atoms with Crippen LogP contribution in [-0.2, 0) is 9.59 Å². The number of anilines is 1. The van der Waals surface area contributed by atoms with Crippen molar-refractivity contribution < 1.29 is 19.8 Å². The van der Waals surface area contributed by atoms with Crippen LogP contribution in [0.15, 0.2) is 18.2 Å². The summed E-state index contributed by atoms with van der Waals surface area (Å²) in [5.74, 6) is -0.566. The maximum Gasteiger partial charge on any atom is 0.326 e. The fraction of sp³-hybridized carbons (Fsp3) is 0.385. The second-order valence-corrected chi connectivity index (χ2v) is 5.13. The second-order valence-electron chi connectivity index (χ2n) is 4.14. The standard InChI is InChI=1S/C13H17NO4S/c1-9-3-4-12(16)11(7-9)14(8-15)10(13(17)18)5-6-19-2/h3-4,7-8,10,16H,5-6H2,1-2H3,(H,17,18). The van der Waals surface area contributed by atoms with Gasteiger partial charge in [0.2, 0.25) is 6.41 Å². The average molecular weight is 283 g/mol. The maximum atomic E-state index is 11.3. The van der Waals surface area contributed by atoms with Crippen molar-refractivity contribution in [1.82, 2.24) is 0 Å². The molecule has 104 valence electrons. The third-order valence-electron chi connectivity index (χ3n) is 2.74. The highest BCUT2D eigenvalue weighted by molar-refractivity contribution is 7.98. The molecule has 0 aliphatic heterocycles. The maximum absolute atomic E-state index is 11.3. The fourth-order valence-electron chi connectivity index (χ4n) is 1.75. The Kier molecular flexibility index (Phi) is 5.69. The first-order chi connectivity index (χ1) is 9.01. The number of aryl methyl sites for hydroxylation is 1. The number of carboxylic acids is 1. The summed E-state index contributed by atoms with van der Waals surface area (Å²) in [6, 6.07) is 3.77. The molecule has 1 amide bonds. The highest BCUT2D eigenvalue weighted by atomic mass is 32.2. The number of nitrogens with zero attached hydrogens (tertiary/aromatic N) is 1. The molecule has 0 aliphatic rings. The van der Waals surface area contributed by atoms with E-state index < -0.39 is 12.0 Å². The number of phenolic OH excluding ortho intramolecular Hbond substituents is 1. The van der Waals surface area contributed by atoms with E-state index in [1.165, 1.54) is 17.8 Å². The summed E-state index contributed by atoms with van der Waals surface area (Å²) in [4.78, 5) is 23.6.